The lowest BCUT2D eigenvalue weighted by Crippen LogP contribution is -2.18. The van der Waals surface area contributed by atoms with Crippen LogP contribution in [0.3, 0.4) is 0 Å². The third-order valence-corrected chi connectivity index (χ3v) is 3.15. The minimum atomic E-state index is 0.213. The summed E-state index contributed by atoms with van der Waals surface area (Å²) in [6.07, 6.45) is 8.11. The molecule has 5 heteroatoms. The molecule has 0 radical (unpaired) electrons. The highest BCUT2D eigenvalue weighted by Crippen LogP contribution is 2.38. The number of anilines is 2. The van der Waals surface area contributed by atoms with Crippen LogP contribution in [0.4, 0.5) is 11.6 Å². The Morgan fingerprint density at radius 3 is 3.00 bits per heavy atom. The first-order valence-electron chi connectivity index (χ1n) is 6.06. The molecule has 0 atom stereocenters. The van der Waals surface area contributed by atoms with Crippen LogP contribution >= 0.6 is 0 Å². The predicted molar refractivity (Wildman–Crippen MR) is 68.4 cm³/mol. The Balaban J connectivity index is 2.03. The maximum atomic E-state index is 4.58. The zero-order valence-corrected chi connectivity index (χ0v) is 10.2. The number of imidazole rings is 1. The quantitative estimate of drug-likeness (QED) is 0.846. The summed E-state index contributed by atoms with van der Waals surface area (Å²) in [4.78, 5) is 8.92. The molecule has 0 spiro atoms. The van der Waals surface area contributed by atoms with E-state index in [1.165, 1.54) is 12.8 Å². The molecule has 2 N–H and O–H groups in total. The average Bonchev–Trinajstić information content (AvgIpc) is 2.83. The van der Waals surface area contributed by atoms with Gasteiger partial charge in [0, 0.05) is 24.5 Å². The minimum Gasteiger partial charge on any atom is -0.369 e. The summed E-state index contributed by atoms with van der Waals surface area (Å²) in [6.45, 7) is 5.15. The zero-order valence-electron chi connectivity index (χ0n) is 10.2. The molecule has 0 amide bonds. The fraction of sp³-hybridized carbons (Fsp3) is 0.500. The molecule has 1 aliphatic carbocycles. The van der Waals surface area contributed by atoms with Gasteiger partial charge in [-0.3, -0.25) is 0 Å². The molecule has 0 bridgehead atoms. The normalized spacial score (nSPS) is 17.1. The van der Waals surface area contributed by atoms with Crippen molar-refractivity contribution < 1.29 is 0 Å². The molecule has 1 aliphatic rings. The second kappa shape index (κ2) is 3.61. The molecular formula is C12H17N5. The summed E-state index contributed by atoms with van der Waals surface area (Å²) in [5.41, 5.74) is 1.10. The van der Waals surface area contributed by atoms with Crippen LogP contribution in [-0.2, 0) is 0 Å². The molecule has 17 heavy (non-hydrogen) atoms. The molecule has 0 unspecified atom stereocenters. The average molecular weight is 231 g/mol. The van der Waals surface area contributed by atoms with Gasteiger partial charge in [-0.25, -0.2) is 9.97 Å². The van der Waals surface area contributed by atoms with Crippen LogP contribution in [0, 0.1) is 0 Å². The summed E-state index contributed by atoms with van der Waals surface area (Å²) in [5, 5.41) is 6.72. The Morgan fingerprint density at radius 2 is 2.29 bits per heavy atom. The molecular weight excluding hydrogens is 214 g/mol. The van der Waals surface area contributed by atoms with Gasteiger partial charge in [0.25, 0.3) is 0 Å². The first-order valence-corrected chi connectivity index (χ1v) is 6.06. The number of hydrogen-bond acceptors (Lipinski definition) is 4. The molecule has 0 aliphatic heterocycles. The summed E-state index contributed by atoms with van der Waals surface area (Å²) in [5.74, 6) is 1.75. The number of hydrogen-bond donors (Lipinski definition) is 2. The van der Waals surface area contributed by atoms with E-state index in [0.29, 0.717) is 0 Å². The molecule has 90 valence electrons. The topological polar surface area (TPSA) is 54.2 Å². The van der Waals surface area contributed by atoms with E-state index in [-0.39, 0.29) is 5.54 Å². The van der Waals surface area contributed by atoms with Gasteiger partial charge in [-0.05, 0) is 26.7 Å². The van der Waals surface area contributed by atoms with E-state index in [1.807, 2.05) is 16.8 Å². The van der Waals surface area contributed by atoms with Crippen molar-refractivity contribution in [3.8, 4) is 0 Å². The maximum Gasteiger partial charge on any atom is 0.180 e. The fourth-order valence-electron chi connectivity index (χ4n) is 1.88. The van der Waals surface area contributed by atoms with Gasteiger partial charge in [-0.15, -0.1) is 0 Å². The second-order valence-corrected chi connectivity index (χ2v) is 4.85. The van der Waals surface area contributed by atoms with Gasteiger partial charge in [-0.2, -0.15) is 0 Å². The van der Waals surface area contributed by atoms with E-state index in [9.17, 15) is 0 Å². The fourth-order valence-corrected chi connectivity index (χ4v) is 1.88. The largest absolute Gasteiger partial charge is 0.369 e. The van der Waals surface area contributed by atoms with Crippen LogP contribution in [0.25, 0.3) is 5.65 Å². The minimum absolute atomic E-state index is 0.213. The van der Waals surface area contributed by atoms with Crippen molar-refractivity contribution in [2.75, 3.05) is 17.2 Å². The number of nitrogens with zero attached hydrogens (tertiary/aromatic N) is 3. The molecule has 2 heterocycles. The summed E-state index contributed by atoms with van der Waals surface area (Å²) >= 11 is 0. The summed E-state index contributed by atoms with van der Waals surface area (Å²) in [7, 11) is 0. The van der Waals surface area contributed by atoms with Crippen LogP contribution in [0.5, 0.6) is 0 Å². The van der Waals surface area contributed by atoms with Crippen molar-refractivity contribution >= 4 is 17.3 Å². The van der Waals surface area contributed by atoms with E-state index in [2.05, 4.69) is 34.4 Å². The Kier molecular flexibility index (Phi) is 2.21. The maximum absolute atomic E-state index is 4.58. The van der Waals surface area contributed by atoms with E-state index < -0.39 is 0 Å². The Labute approximate surface area is 100 Å². The van der Waals surface area contributed by atoms with Gasteiger partial charge < -0.3 is 15.0 Å². The van der Waals surface area contributed by atoms with Crippen molar-refractivity contribution in [1.82, 2.24) is 14.4 Å². The van der Waals surface area contributed by atoms with Crippen molar-refractivity contribution in [2.24, 2.45) is 0 Å². The highest BCUT2D eigenvalue weighted by molar-refractivity contribution is 5.66. The Morgan fingerprint density at radius 1 is 1.47 bits per heavy atom. The first-order chi connectivity index (χ1) is 8.20. The van der Waals surface area contributed by atoms with Crippen molar-refractivity contribution in [2.45, 2.75) is 32.2 Å². The van der Waals surface area contributed by atoms with Gasteiger partial charge in [0.15, 0.2) is 11.5 Å². The smallest absolute Gasteiger partial charge is 0.180 e. The monoisotopic (exact) mass is 231 g/mol. The van der Waals surface area contributed by atoms with Gasteiger partial charge in [0.1, 0.15) is 5.82 Å². The lowest BCUT2D eigenvalue weighted by Gasteiger charge is -2.14. The van der Waals surface area contributed by atoms with E-state index >= 15 is 0 Å². The van der Waals surface area contributed by atoms with Crippen LogP contribution in [0.1, 0.15) is 26.7 Å². The molecule has 2 aromatic rings. The highest BCUT2D eigenvalue weighted by atomic mass is 15.2. The number of rotatable bonds is 4. The first kappa shape index (κ1) is 10.4. The zero-order chi connectivity index (χ0) is 11.9. The molecule has 3 rings (SSSR count). The standard InChI is InChI=1S/C12H17N5/c1-3-13-9-8-17-7-6-14-11(17)10(15-9)16-12(2)4-5-12/h6-8,13H,3-5H2,1-2H3,(H,15,16). The van der Waals surface area contributed by atoms with Crippen LogP contribution in [0.15, 0.2) is 18.6 Å². The number of aromatic nitrogens is 3. The molecule has 2 aromatic heterocycles. The Bertz CT molecular complexity index is 541. The summed E-state index contributed by atoms with van der Waals surface area (Å²) in [6, 6.07) is 0. The predicted octanol–water partition coefficient (Wildman–Crippen LogP) is 2.13. The van der Waals surface area contributed by atoms with Crippen molar-refractivity contribution in [3.63, 3.8) is 0 Å². The lowest BCUT2D eigenvalue weighted by atomic mass is 10.3. The molecule has 0 saturated heterocycles. The third kappa shape index (κ3) is 1.92. The molecule has 5 nitrogen and oxygen atoms in total. The second-order valence-electron chi connectivity index (χ2n) is 4.85. The third-order valence-electron chi connectivity index (χ3n) is 3.15. The van der Waals surface area contributed by atoms with E-state index in [4.69, 9.17) is 0 Å². The summed E-state index contributed by atoms with van der Waals surface area (Å²) < 4.78 is 2.00. The van der Waals surface area contributed by atoms with E-state index in [1.54, 1.807) is 6.20 Å². The number of nitrogens with one attached hydrogen (secondary N) is 2. The van der Waals surface area contributed by atoms with Crippen LogP contribution < -0.4 is 10.6 Å². The molecule has 1 saturated carbocycles. The highest BCUT2D eigenvalue weighted by Gasteiger charge is 2.38. The van der Waals surface area contributed by atoms with Crippen LogP contribution in [0.2, 0.25) is 0 Å². The molecule has 1 fully saturated rings. The van der Waals surface area contributed by atoms with Gasteiger partial charge in [-0.1, -0.05) is 0 Å². The van der Waals surface area contributed by atoms with E-state index in [0.717, 1.165) is 23.8 Å². The number of fused-ring (bicyclic) bond motifs is 1. The van der Waals surface area contributed by atoms with Crippen molar-refractivity contribution in [1.29, 1.82) is 0 Å². The lowest BCUT2D eigenvalue weighted by molar-refractivity contribution is 0.820. The van der Waals surface area contributed by atoms with Gasteiger partial charge in [0.2, 0.25) is 0 Å². The SMILES string of the molecule is CCNc1cn2ccnc2c(NC2(C)CC2)n1. The van der Waals surface area contributed by atoms with Crippen LogP contribution in [-0.4, -0.2) is 26.5 Å². The Hall–Kier alpha value is -1.78. The molecule has 0 aromatic carbocycles. The van der Waals surface area contributed by atoms with Gasteiger partial charge >= 0.3 is 0 Å². The van der Waals surface area contributed by atoms with Crippen molar-refractivity contribution in [3.05, 3.63) is 18.6 Å². The van der Waals surface area contributed by atoms with Gasteiger partial charge in [0.05, 0.1) is 6.20 Å².